The molecule has 9 rings (SSSR count). The molecule has 0 fully saturated rings. The Bertz CT molecular complexity index is 2490. The first kappa shape index (κ1) is 27.0. The fourth-order valence-corrected chi connectivity index (χ4v) is 6.61. The minimum Gasteiger partial charge on any atom is -0.307 e. The lowest BCUT2D eigenvalue weighted by atomic mass is 10.0. The van der Waals surface area contributed by atoms with Gasteiger partial charge in [-0.05, 0) is 46.7 Å². The van der Waals surface area contributed by atoms with Crippen molar-refractivity contribution in [2.24, 2.45) is 0 Å². The lowest BCUT2D eigenvalue weighted by molar-refractivity contribution is 1.14. The summed E-state index contributed by atoms with van der Waals surface area (Å²) >= 11 is 0. The van der Waals surface area contributed by atoms with Crippen molar-refractivity contribution in [1.29, 1.82) is 0 Å². The minimum absolute atomic E-state index is 0.710. The topological polar surface area (TPSA) is 43.6 Å². The van der Waals surface area contributed by atoms with Crippen LogP contribution in [0.4, 0.5) is 0 Å². The molecule has 0 aliphatic rings. The molecule has 9 aromatic rings. The van der Waals surface area contributed by atoms with Gasteiger partial charge in [0.2, 0.25) is 0 Å². The molecule has 6 aromatic carbocycles. The summed E-state index contributed by atoms with van der Waals surface area (Å²) in [5.74, 6) is 0.710. The van der Waals surface area contributed by atoms with Gasteiger partial charge in [-0.1, -0.05) is 127 Å². The van der Waals surface area contributed by atoms with Crippen molar-refractivity contribution in [2.75, 3.05) is 0 Å². The average Bonchev–Trinajstić information content (AvgIpc) is 3.47. The molecule has 0 saturated heterocycles. The number of fused-ring (bicyclic) bond motifs is 4. The zero-order valence-corrected chi connectivity index (χ0v) is 25.5. The van der Waals surface area contributed by atoms with Gasteiger partial charge in [-0.25, -0.2) is 9.97 Å². The molecule has 0 unspecified atom stereocenters. The van der Waals surface area contributed by atoms with E-state index in [0.29, 0.717) is 5.82 Å². The number of para-hydroxylation sites is 1. The second-order valence-corrected chi connectivity index (χ2v) is 11.7. The number of rotatable bonds is 5. The number of nitrogens with zero attached hydrogens (tertiary/aromatic N) is 4. The van der Waals surface area contributed by atoms with Gasteiger partial charge in [-0.2, -0.15) is 0 Å². The van der Waals surface area contributed by atoms with Gasteiger partial charge in [0.25, 0.3) is 0 Å². The van der Waals surface area contributed by atoms with E-state index in [-0.39, 0.29) is 0 Å². The van der Waals surface area contributed by atoms with Crippen molar-refractivity contribution in [2.45, 2.75) is 0 Å². The maximum Gasteiger partial charge on any atom is 0.160 e. The highest BCUT2D eigenvalue weighted by Crippen LogP contribution is 2.38. The predicted molar refractivity (Wildman–Crippen MR) is 193 cm³/mol. The highest BCUT2D eigenvalue weighted by molar-refractivity contribution is 6.14. The van der Waals surface area contributed by atoms with Crippen LogP contribution < -0.4 is 0 Å². The first-order valence-electron chi connectivity index (χ1n) is 15.8. The van der Waals surface area contributed by atoms with Crippen molar-refractivity contribution in [3.05, 3.63) is 170 Å². The predicted octanol–water partition coefficient (Wildman–Crippen LogP) is 10.8. The highest BCUT2D eigenvalue weighted by Gasteiger charge is 2.17. The van der Waals surface area contributed by atoms with Gasteiger partial charge in [-0.15, -0.1) is 0 Å². The van der Waals surface area contributed by atoms with Crippen LogP contribution in [0.1, 0.15) is 0 Å². The van der Waals surface area contributed by atoms with Crippen LogP contribution >= 0.6 is 0 Å². The van der Waals surface area contributed by atoms with Gasteiger partial charge >= 0.3 is 0 Å². The summed E-state index contributed by atoms with van der Waals surface area (Å²) in [5.41, 5.74) is 10.4. The first-order valence-corrected chi connectivity index (χ1v) is 15.8. The highest BCUT2D eigenvalue weighted by atomic mass is 15.0. The molecule has 0 aliphatic heterocycles. The van der Waals surface area contributed by atoms with Crippen molar-refractivity contribution in [1.82, 2.24) is 19.5 Å². The monoisotopic (exact) mass is 600 g/mol. The van der Waals surface area contributed by atoms with Gasteiger partial charge in [0.15, 0.2) is 5.82 Å². The molecule has 47 heavy (non-hydrogen) atoms. The van der Waals surface area contributed by atoms with Crippen LogP contribution in [0.25, 0.3) is 83.3 Å². The largest absolute Gasteiger partial charge is 0.307 e. The summed E-state index contributed by atoms with van der Waals surface area (Å²) in [7, 11) is 0. The molecule has 0 radical (unpaired) electrons. The lowest BCUT2D eigenvalue weighted by Crippen LogP contribution is -1.98. The second kappa shape index (κ2) is 11.2. The maximum atomic E-state index is 5.03. The third-order valence-corrected chi connectivity index (χ3v) is 8.90. The molecule has 0 bridgehead atoms. The van der Waals surface area contributed by atoms with E-state index in [0.717, 1.165) is 50.4 Å². The quantitative estimate of drug-likeness (QED) is 0.197. The molecule has 0 saturated carbocycles. The first-order chi connectivity index (χ1) is 23.3. The third-order valence-electron chi connectivity index (χ3n) is 8.90. The average molecular weight is 601 g/mol. The van der Waals surface area contributed by atoms with Crippen molar-refractivity contribution in [3.8, 4) is 50.7 Å². The molecule has 4 heteroatoms. The van der Waals surface area contributed by atoms with Crippen LogP contribution in [0.5, 0.6) is 0 Å². The molecule has 220 valence electrons. The molecular weight excluding hydrogens is 573 g/mol. The summed E-state index contributed by atoms with van der Waals surface area (Å²) in [5, 5.41) is 4.91. The zero-order chi connectivity index (χ0) is 31.2. The molecular formula is C43H28N4. The van der Waals surface area contributed by atoms with Crippen LogP contribution in [0, 0.1) is 0 Å². The molecule has 3 aromatic heterocycles. The van der Waals surface area contributed by atoms with E-state index in [1.165, 1.54) is 27.1 Å². The fraction of sp³-hybridized carbons (Fsp3) is 0. The summed E-state index contributed by atoms with van der Waals surface area (Å²) < 4.78 is 2.36. The lowest BCUT2D eigenvalue weighted by Gasteiger charge is -2.14. The van der Waals surface area contributed by atoms with Gasteiger partial charge < -0.3 is 4.57 Å². The SMILES string of the molecule is c1ccc(-c2cc(-c3ccc(-c4ccncc4-n4c5ccccc5c5cc6ccccc6cc54)cc3)nc(-c3ccccc3)n2)cc1. The fourth-order valence-electron chi connectivity index (χ4n) is 6.61. The second-order valence-electron chi connectivity index (χ2n) is 11.7. The third kappa shape index (κ3) is 4.75. The van der Waals surface area contributed by atoms with E-state index in [4.69, 9.17) is 9.97 Å². The van der Waals surface area contributed by atoms with Crippen molar-refractivity contribution < 1.29 is 0 Å². The summed E-state index contributed by atoms with van der Waals surface area (Å²) in [6, 6.07) is 55.1. The maximum absolute atomic E-state index is 5.03. The molecule has 0 atom stereocenters. The zero-order valence-electron chi connectivity index (χ0n) is 25.5. The van der Waals surface area contributed by atoms with Gasteiger partial charge in [0.1, 0.15) is 0 Å². The number of hydrogen-bond acceptors (Lipinski definition) is 3. The molecule has 0 spiro atoms. The van der Waals surface area contributed by atoms with Gasteiger partial charge in [-0.3, -0.25) is 4.98 Å². The van der Waals surface area contributed by atoms with Crippen molar-refractivity contribution >= 4 is 32.6 Å². The molecule has 0 aliphatic carbocycles. The smallest absolute Gasteiger partial charge is 0.160 e. The Morgan fingerprint density at radius 2 is 1.02 bits per heavy atom. The van der Waals surface area contributed by atoms with E-state index in [9.17, 15) is 0 Å². The Labute approximate surface area is 272 Å². The summed E-state index contributed by atoms with van der Waals surface area (Å²) in [6.07, 6.45) is 3.85. The van der Waals surface area contributed by atoms with Crippen LogP contribution in [0.2, 0.25) is 0 Å². The Morgan fingerprint density at radius 3 is 1.77 bits per heavy atom. The van der Waals surface area contributed by atoms with Crippen LogP contribution in [-0.4, -0.2) is 19.5 Å². The van der Waals surface area contributed by atoms with E-state index in [2.05, 4.69) is 131 Å². The number of hydrogen-bond donors (Lipinski definition) is 0. The Kier molecular flexibility index (Phi) is 6.43. The van der Waals surface area contributed by atoms with E-state index < -0.39 is 0 Å². The minimum atomic E-state index is 0.710. The Morgan fingerprint density at radius 1 is 0.426 bits per heavy atom. The Balaban J connectivity index is 1.18. The van der Waals surface area contributed by atoms with Gasteiger partial charge in [0.05, 0.1) is 34.3 Å². The van der Waals surface area contributed by atoms with Crippen LogP contribution in [-0.2, 0) is 0 Å². The van der Waals surface area contributed by atoms with E-state index in [1.54, 1.807) is 0 Å². The molecule has 0 N–H and O–H groups in total. The van der Waals surface area contributed by atoms with Crippen molar-refractivity contribution in [3.63, 3.8) is 0 Å². The Hall–Kier alpha value is -6.39. The van der Waals surface area contributed by atoms with E-state index in [1.807, 2.05) is 48.8 Å². The number of pyridine rings is 1. The number of benzene rings is 6. The summed E-state index contributed by atoms with van der Waals surface area (Å²) in [4.78, 5) is 14.6. The molecule has 3 heterocycles. The molecule has 4 nitrogen and oxygen atoms in total. The normalized spacial score (nSPS) is 11.4. The van der Waals surface area contributed by atoms with E-state index >= 15 is 0 Å². The van der Waals surface area contributed by atoms with Crippen LogP contribution in [0.15, 0.2) is 170 Å². The van der Waals surface area contributed by atoms with Crippen LogP contribution in [0.3, 0.4) is 0 Å². The summed E-state index contributed by atoms with van der Waals surface area (Å²) in [6.45, 7) is 0. The molecule has 0 amide bonds. The standard InChI is InChI=1S/C43H28N4/c1-3-11-30(12-4-1)38-27-39(46-43(45-38)32-13-5-2-6-14-32)31-21-19-29(20-22-31)35-23-24-44-28-42(35)47-40-18-10-9-17-36(40)37-25-33-15-7-8-16-34(33)26-41(37)47/h1-28H. The number of aromatic nitrogens is 4. The van der Waals surface area contributed by atoms with Gasteiger partial charge in [0, 0.05) is 39.2 Å².